The third-order valence-electron chi connectivity index (χ3n) is 2.97. The molecule has 0 unspecified atom stereocenters. The number of alkyl halides is 3. The van der Waals surface area contributed by atoms with Crippen molar-refractivity contribution in [3.8, 4) is 5.88 Å². The monoisotopic (exact) mass is 234 g/mol. The molecule has 1 saturated carbocycles. The van der Waals surface area contributed by atoms with Crippen LogP contribution in [0.5, 0.6) is 5.88 Å². The molecule has 0 aliphatic heterocycles. The van der Waals surface area contributed by atoms with E-state index >= 15 is 0 Å². The van der Waals surface area contributed by atoms with E-state index in [0.717, 1.165) is 0 Å². The van der Waals surface area contributed by atoms with Crippen molar-refractivity contribution >= 4 is 0 Å². The van der Waals surface area contributed by atoms with Crippen LogP contribution in [0.2, 0.25) is 0 Å². The molecule has 2 rings (SSSR count). The summed E-state index contributed by atoms with van der Waals surface area (Å²) < 4.78 is 44.4. The largest absolute Gasteiger partial charge is 0.477 e. The second-order valence-corrected chi connectivity index (χ2v) is 4.20. The Labute approximate surface area is 91.2 Å². The Morgan fingerprint density at radius 3 is 2.62 bits per heavy atom. The molecule has 0 N–H and O–H groups in total. The highest BCUT2D eigenvalue weighted by atomic mass is 19.4. The Hall–Kier alpha value is -1.20. The van der Waals surface area contributed by atoms with Gasteiger partial charge < -0.3 is 4.74 Å². The Bertz CT molecular complexity index is 368. The highest BCUT2D eigenvalue weighted by Crippen LogP contribution is 2.59. The second kappa shape index (κ2) is 3.68. The molecule has 3 nitrogen and oxygen atoms in total. The minimum Gasteiger partial charge on any atom is -0.477 e. The molecule has 0 bridgehead atoms. The maximum absolute atomic E-state index is 12.6. The molecular weight excluding hydrogens is 221 g/mol. The molecule has 0 aromatic carbocycles. The number of rotatable bonds is 4. The van der Waals surface area contributed by atoms with Crippen LogP contribution >= 0.6 is 0 Å². The summed E-state index contributed by atoms with van der Waals surface area (Å²) in [6.07, 6.45) is -1.94. The number of nitrogens with zero attached hydrogens (tertiary/aromatic N) is 2. The lowest BCUT2D eigenvalue weighted by Crippen LogP contribution is -2.26. The van der Waals surface area contributed by atoms with Crippen molar-refractivity contribution in [3.63, 3.8) is 0 Å². The fraction of sp³-hybridized carbons (Fsp3) is 0.700. The highest BCUT2D eigenvalue weighted by molar-refractivity contribution is 5.06. The molecule has 1 heterocycles. The van der Waals surface area contributed by atoms with Gasteiger partial charge in [-0.15, -0.1) is 5.10 Å². The first-order valence-electron chi connectivity index (χ1n) is 5.12. The summed E-state index contributed by atoms with van der Waals surface area (Å²) in [6.45, 7) is 0.0660. The topological polar surface area (TPSA) is 27.1 Å². The van der Waals surface area contributed by atoms with E-state index in [4.69, 9.17) is 4.74 Å². The van der Waals surface area contributed by atoms with Gasteiger partial charge in [0.1, 0.15) is 0 Å². The van der Waals surface area contributed by atoms with Gasteiger partial charge in [-0.2, -0.15) is 13.2 Å². The van der Waals surface area contributed by atoms with Crippen molar-refractivity contribution in [1.82, 2.24) is 9.78 Å². The summed E-state index contributed by atoms with van der Waals surface area (Å²) in [5, 5.41) is 3.93. The van der Waals surface area contributed by atoms with Crippen LogP contribution in [0.15, 0.2) is 12.3 Å². The third kappa shape index (κ3) is 2.15. The fourth-order valence-electron chi connectivity index (χ4n) is 1.65. The van der Waals surface area contributed by atoms with Gasteiger partial charge in [0.2, 0.25) is 5.88 Å². The summed E-state index contributed by atoms with van der Waals surface area (Å²) in [4.78, 5) is 0. The van der Waals surface area contributed by atoms with Crippen LogP contribution < -0.4 is 4.74 Å². The van der Waals surface area contributed by atoms with Crippen molar-refractivity contribution in [2.24, 2.45) is 12.5 Å². The van der Waals surface area contributed by atoms with Gasteiger partial charge in [0.15, 0.2) is 0 Å². The summed E-state index contributed by atoms with van der Waals surface area (Å²) in [5.41, 5.74) is -1.48. The first kappa shape index (κ1) is 11.3. The van der Waals surface area contributed by atoms with E-state index in [1.165, 1.54) is 0 Å². The average molecular weight is 234 g/mol. The first-order valence-corrected chi connectivity index (χ1v) is 5.12. The number of halogens is 3. The van der Waals surface area contributed by atoms with Crippen molar-refractivity contribution in [1.29, 1.82) is 0 Å². The van der Waals surface area contributed by atoms with E-state index < -0.39 is 11.6 Å². The van der Waals surface area contributed by atoms with Crippen molar-refractivity contribution < 1.29 is 17.9 Å². The van der Waals surface area contributed by atoms with Crippen LogP contribution in [0.1, 0.15) is 19.3 Å². The SMILES string of the molecule is Cn1ccc(OCCC2(C(F)(F)F)CC2)n1. The van der Waals surface area contributed by atoms with Gasteiger partial charge in [0, 0.05) is 19.3 Å². The van der Waals surface area contributed by atoms with E-state index in [0.29, 0.717) is 5.88 Å². The Kier molecular flexibility index (Phi) is 2.59. The van der Waals surface area contributed by atoms with Gasteiger partial charge in [-0.25, -0.2) is 0 Å². The van der Waals surface area contributed by atoms with E-state index in [9.17, 15) is 13.2 Å². The lowest BCUT2D eigenvalue weighted by Gasteiger charge is -2.18. The van der Waals surface area contributed by atoms with Crippen LogP contribution in [-0.4, -0.2) is 22.6 Å². The summed E-state index contributed by atoms with van der Waals surface area (Å²) in [5.74, 6) is 0.375. The van der Waals surface area contributed by atoms with Gasteiger partial charge in [-0.05, 0) is 19.3 Å². The fourth-order valence-corrected chi connectivity index (χ4v) is 1.65. The molecule has 1 aliphatic rings. The molecule has 90 valence electrons. The molecule has 0 radical (unpaired) electrons. The lowest BCUT2D eigenvalue weighted by molar-refractivity contribution is -0.190. The number of hydrogen-bond donors (Lipinski definition) is 0. The third-order valence-corrected chi connectivity index (χ3v) is 2.97. The minimum absolute atomic E-state index is 0.0209. The maximum atomic E-state index is 12.6. The van der Waals surface area contributed by atoms with Crippen LogP contribution in [0, 0.1) is 5.41 Å². The summed E-state index contributed by atoms with van der Waals surface area (Å²) in [6, 6.07) is 1.63. The number of aryl methyl sites for hydroxylation is 1. The summed E-state index contributed by atoms with van der Waals surface area (Å²) in [7, 11) is 1.73. The first-order chi connectivity index (χ1) is 7.43. The normalized spacial score (nSPS) is 18.5. The predicted molar refractivity (Wildman–Crippen MR) is 51.0 cm³/mol. The van der Waals surface area contributed by atoms with Crippen molar-refractivity contribution in [2.75, 3.05) is 6.61 Å². The molecular formula is C10H13F3N2O. The molecule has 16 heavy (non-hydrogen) atoms. The molecule has 1 fully saturated rings. The maximum Gasteiger partial charge on any atom is 0.394 e. The Balaban J connectivity index is 1.81. The summed E-state index contributed by atoms with van der Waals surface area (Å²) >= 11 is 0. The van der Waals surface area contributed by atoms with Crippen LogP contribution in [-0.2, 0) is 7.05 Å². The van der Waals surface area contributed by atoms with Gasteiger partial charge in [-0.3, -0.25) is 4.68 Å². The Morgan fingerprint density at radius 2 is 2.19 bits per heavy atom. The quantitative estimate of drug-likeness (QED) is 0.800. The predicted octanol–water partition coefficient (Wildman–Crippen LogP) is 2.53. The number of hydrogen-bond acceptors (Lipinski definition) is 2. The Morgan fingerprint density at radius 1 is 1.50 bits per heavy atom. The van der Waals surface area contributed by atoms with Crippen LogP contribution in [0.3, 0.4) is 0 Å². The standard InChI is InChI=1S/C10H13F3N2O/c1-15-6-2-8(14-15)16-7-5-9(3-4-9)10(11,12)13/h2,6H,3-5,7H2,1H3. The average Bonchev–Trinajstić information content (AvgIpc) is 2.85. The van der Waals surface area contributed by atoms with Crippen molar-refractivity contribution in [3.05, 3.63) is 12.3 Å². The number of aromatic nitrogens is 2. The van der Waals surface area contributed by atoms with E-state index in [-0.39, 0.29) is 25.9 Å². The molecule has 0 atom stereocenters. The molecule has 6 heteroatoms. The smallest absolute Gasteiger partial charge is 0.394 e. The molecule has 1 aliphatic carbocycles. The minimum atomic E-state index is -4.10. The van der Waals surface area contributed by atoms with E-state index in [1.54, 1.807) is 24.0 Å². The van der Waals surface area contributed by atoms with Gasteiger partial charge in [0.05, 0.1) is 12.0 Å². The van der Waals surface area contributed by atoms with E-state index in [2.05, 4.69) is 5.10 Å². The molecule has 1 aromatic rings. The highest BCUT2D eigenvalue weighted by Gasteiger charge is 2.62. The zero-order valence-electron chi connectivity index (χ0n) is 8.92. The zero-order valence-corrected chi connectivity index (χ0v) is 8.92. The van der Waals surface area contributed by atoms with Crippen LogP contribution in [0.25, 0.3) is 0 Å². The molecule has 0 amide bonds. The second-order valence-electron chi connectivity index (χ2n) is 4.20. The van der Waals surface area contributed by atoms with Gasteiger partial charge in [0.25, 0.3) is 0 Å². The van der Waals surface area contributed by atoms with Crippen molar-refractivity contribution in [2.45, 2.75) is 25.4 Å². The van der Waals surface area contributed by atoms with Crippen LogP contribution in [0.4, 0.5) is 13.2 Å². The molecule has 0 saturated heterocycles. The molecule has 1 aromatic heterocycles. The van der Waals surface area contributed by atoms with Gasteiger partial charge >= 0.3 is 6.18 Å². The number of ether oxygens (including phenoxy) is 1. The zero-order chi connectivity index (χ0) is 11.8. The molecule has 0 spiro atoms. The van der Waals surface area contributed by atoms with E-state index in [1.807, 2.05) is 0 Å². The lowest BCUT2D eigenvalue weighted by atomic mass is 10.0. The van der Waals surface area contributed by atoms with Gasteiger partial charge in [-0.1, -0.05) is 0 Å².